The van der Waals surface area contributed by atoms with E-state index in [4.69, 9.17) is 0 Å². The van der Waals surface area contributed by atoms with Crippen LogP contribution in [0.5, 0.6) is 0 Å². The molecule has 5 heteroatoms. The van der Waals surface area contributed by atoms with Gasteiger partial charge in [0.15, 0.2) is 5.13 Å². The van der Waals surface area contributed by atoms with Crippen LogP contribution in [-0.4, -0.2) is 55.2 Å². The van der Waals surface area contributed by atoms with Gasteiger partial charge in [0, 0.05) is 43.8 Å². The van der Waals surface area contributed by atoms with Crippen molar-refractivity contribution in [1.29, 1.82) is 0 Å². The van der Waals surface area contributed by atoms with E-state index >= 15 is 0 Å². The summed E-state index contributed by atoms with van der Waals surface area (Å²) in [5, 5.41) is 6.91. The van der Waals surface area contributed by atoms with Gasteiger partial charge in [0.25, 0.3) is 0 Å². The lowest BCUT2D eigenvalue weighted by Gasteiger charge is -2.48. The highest BCUT2D eigenvalue weighted by Crippen LogP contribution is 2.33. The Balaban J connectivity index is 1.42. The van der Waals surface area contributed by atoms with Gasteiger partial charge in [0.1, 0.15) is 0 Å². The van der Waals surface area contributed by atoms with Crippen LogP contribution >= 0.6 is 11.3 Å². The van der Waals surface area contributed by atoms with E-state index in [1.165, 1.54) is 37.6 Å². The monoisotopic (exact) mass is 308 g/mol. The highest BCUT2D eigenvalue weighted by molar-refractivity contribution is 7.13. The van der Waals surface area contributed by atoms with E-state index < -0.39 is 0 Å². The van der Waals surface area contributed by atoms with E-state index in [1.54, 1.807) is 11.3 Å². The van der Waals surface area contributed by atoms with Crippen molar-refractivity contribution in [3.63, 3.8) is 0 Å². The number of piperazine rings is 1. The second kappa shape index (κ2) is 7.07. The van der Waals surface area contributed by atoms with Crippen molar-refractivity contribution in [2.45, 2.75) is 32.7 Å². The Bertz CT molecular complexity index is 412. The topological polar surface area (TPSA) is 31.4 Å². The summed E-state index contributed by atoms with van der Waals surface area (Å²) in [7, 11) is 0. The number of hydrogen-bond donors (Lipinski definition) is 1. The number of aromatic nitrogens is 1. The molecular formula is C16H28N4S. The fraction of sp³-hybridized carbons (Fsp3) is 0.812. The molecule has 0 amide bonds. The van der Waals surface area contributed by atoms with Gasteiger partial charge in [-0.1, -0.05) is 13.8 Å². The maximum Gasteiger partial charge on any atom is 0.185 e. The minimum absolute atomic E-state index is 0.755. The summed E-state index contributed by atoms with van der Waals surface area (Å²) in [4.78, 5) is 9.59. The molecule has 1 aromatic heterocycles. The molecule has 3 rings (SSSR count). The van der Waals surface area contributed by atoms with Crippen molar-refractivity contribution in [2.24, 2.45) is 11.8 Å². The largest absolute Gasteiger partial charge is 0.346 e. The molecule has 2 aliphatic rings. The minimum atomic E-state index is 0.755. The second-order valence-electron chi connectivity index (χ2n) is 6.79. The Morgan fingerprint density at radius 2 is 2.10 bits per heavy atom. The third-order valence-electron chi connectivity index (χ3n) is 4.81. The molecule has 0 spiro atoms. The number of nitrogens with zero attached hydrogens (tertiary/aromatic N) is 3. The zero-order chi connectivity index (χ0) is 14.7. The molecule has 2 heterocycles. The van der Waals surface area contributed by atoms with Gasteiger partial charge in [-0.3, -0.25) is 4.90 Å². The molecule has 21 heavy (non-hydrogen) atoms. The first-order chi connectivity index (χ1) is 10.2. The standard InChI is InChI=1S/C16H28N4S/c1-13(2)11-17-12-14-3-4-15(14)19-6-8-20(9-7-19)16-18-5-10-21-16/h5,10,13-15,17H,3-4,6-9,11-12H2,1-2H3. The van der Waals surface area contributed by atoms with E-state index in [9.17, 15) is 0 Å². The van der Waals surface area contributed by atoms with Crippen LogP contribution in [0.1, 0.15) is 26.7 Å². The van der Waals surface area contributed by atoms with Crippen LogP contribution in [0.4, 0.5) is 5.13 Å². The van der Waals surface area contributed by atoms with Crippen molar-refractivity contribution in [3.05, 3.63) is 11.6 Å². The summed E-state index contributed by atoms with van der Waals surface area (Å²) in [5.74, 6) is 1.63. The smallest absolute Gasteiger partial charge is 0.185 e. The van der Waals surface area contributed by atoms with E-state index in [-0.39, 0.29) is 0 Å². The van der Waals surface area contributed by atoms with Crippen molar-refractivity contribution < 1.29 is 0 Å². The Morgan fingerprint density at radius 3 is 2.67 bits per heavy atom. The second-order valence-corrected chi connectivity index (χ2v) is 7.67. The average molecular weight is 308 g/mol. The number of rotatable bonds is 6. The highest BCUT2D eigenvalue weighted by atomic mass is 32.1. The molecule has 2 atom stereocenters. The Morgan fingerprint density at radius 1 is 1.29 bits per heavy atom. The molecule has 0 radical (unpaired) electrons. The number of hydrogen-bond acceptors (Lipinski definition) is 5. The maximum absolute atomic E-state index is 4.43. The summed E-state index contributed by atoms with van der Waals surface area (Å²) in [6.45, 7) is 11.6. The molecule has 1 aliphatic heterocycles. The molecule has 0 bridgehead atoms. The third kappa shape index (κ3) is 3.76. The molecule has 1 aliphatic carbocycles. The summed E-state index contributed by atoms with van der Waals surface area (Å²) in [6.07, 6.45) is 4.71. The fourth-order valence-corrected chi connectivity index (χ4v) is 4.14. The van der Waals surface area contributed by atoms with Gasteiger partial charge in [-0.2, -0.15) is 0 Å². The third-order valence-corrected chi connectivity index (χ3v) is 5.64. The molecular weight excluding hydrogens is 280 g/mol. The lowest BCUT2D eigenvalue weighted by molar-refractivity contribution is 0.0569. The van der Waals surface area contributed by atoms with Crippen molar-refractivity contribution in [2.75, 3.05) is 44.2 Å². The van der Waals surface area contributed by atoms with Gasteiger partial charge in [0.05, 0.1) is 0 Å². The zero-order valence-corrected chi connectivity index (χ0v) is 14.1. The molecule has 1 aromatic rings. The van der Waals surface area contributed by atoms with E-state index in [0.29, 0.717) is 0 Å². The number of thiazole rings is 1. The van der Waals surface area contributed by atoms with E-state index in [2.05, 4.69) is 39.3 Å². The lowest BCUT2D eigenvalue weighted by atomic mass is 9.78. The minimum Gasteiger partial charge on any atom is -0.346 e. The Kier molecular flexibility index (Phi) is 5.14. The highest BCUT2D eigenvalue weighted by Gasteiger charge is 2.36. The number of nitrogens with one attached hydrogen (secondary N) is 1. The summed E-state index contributed by atoms with van der Waals surface area (Å²) < 4.78 is 0. The van der Waals surface area contributed by atoms with Crippen LogP contribution in [-0.2, 0) is 0 Å². The van der Waals surface area contributed by atoms with Crippen LogP contribution in [0.2, 0.25) is 0 Å². The van der Waals surface area contributed by atoms with Crippen LogP contribution in [0, 0.1) is 11.8 Å². The molecule has 2 fully saturated rings. The molecule has 0 aromatic carbocycles. The zero-order valence-electron chi connectivity index (χ0n) is 13.3. The predicted molar refractivity (Wildman–Crippen MR) is 90.1 cm³/mol. The van der Waals surface area contributed by atoms with Gasteiger partial charge in [-0.15, -0.1) is 11.3 Å². The first kappa shape index (κ1) is 15.3. The molecule has 2 unspecified atom stereocenters. The van der Waals surface area contributed by atoms with E-state index in [1.807, 2.05) is 6.20 Å². The average Bonchev–Trinajstić information content (AvgIpc) is 2.97. The van der Waals surface area contributed by atoms with Crippen LogP contribution in [0.15, 0.2) is 11.6 Å². The predicted octanol–water partition coefficient (Wildman–Crippen LogP) is 2.29. The Hall–Kier alpha value is -0.650. The van der Waals surface area contributed by atoms with Crippen molar-refractivity contribution in [3.8, 4) is 0 Å². The number of anilines is 1. The summed E-state index contributed by atoms with van der Waals surface area (Å²) in [5.41, 5.74) is 0. The van der Waals surface area contributed by atoms with Crippen LogP contribution < -0.4 is 10.2 Å². The van der Waals surface area contributed by atoms with Gasteiger partial charge in [0.2, 0.25) is 0 Å². The van der Waals surface area contributed by atoms with Crippen molar-refractivity contribution in [1.82, 2.24) is 15.2 Å². The first-order valence-corrected chi connectivity index (χ1v) is 9.21. The van der Waals surface area contributed by atoms with Gasteiger partial charge in [-0.25, -0.2) is 4.98 Å². The van der Waals surface area contributed by atoms with Crippen LogP contribution in [0.25, 0.3) is 0 Å². The van der Waals surface area contributed by atoms with E-state index in [0.717, 1.165) is 37.5 Å². The maximum atomic E-state index is 4.43. The SMILES string of the molecule is CC(C)CNCC1CCC1N1CCN(c2nccs2)CC1. The van der Waals surface area contributed by atoms with Crippen LogP contribution in [0.3, 0.4) is 0 Å². The van der Waals surface area contributed by atoms with Gasteiger partial charge in [-0.05, 0) is 37.8 Å². The molecule has 1 saturated carbocycles. The molecule has 4 nitrogen and oxygen atoms in total. The summed E-state index contributed by atoms with van der Waals surface area (Å²) in [6, 6.07) is 0.822. The quantitative estimate of drug-likeness (QED) is 0.874. The van der Waals surface area contributed by atoms with Gasteiger partial charge >= 0.3 is 0 Å². The molecule has 118 valence electrons. The molecule has 1 N–H and O–H groups in total. The van der Waals surface area contributed by atoms with Crippen molar-refractivity contribution >= 4 is 16.5 Å². The van der Waals surface area contributed by atoms with Gasteiger partial charge < -0.3 is 10.2 Å². The Labute approximate surface area is 132 Å². The fourth-order valence-electron chi connectivity index (χ4n) is 3.44. The first-order valence-electron chi connectivity index (χ1n) is 8.33. The molecule has 1 saturated heterocycles. The summed E-state index contributed by atoms with van der Waals surface area (Å²) >= 11 is 1.76. The normalized spacial score (nSPS) is 27.1. The lowest BCUT2D eigenvalue weighted by Crippen LogP contribution is -2.57.